The number of nitrogens with zero attached hydrogens (tertiary/aromatic N) is 3. The maximum atomic E-state index is 13.5. The molecule has 2 heterocycles. The van der Waals surface area contributed by atoms with Gasteiger partial charge >= 0.3 is 0 Å². The van der Waals surface area contributed by atoms with Crippen LogP contribution in [0.4, 0.5) is 10.1 Å². The minimum Gasteiger partial charge on any atom is -0.387 e. The average molecular weight is 640 g/mol. The van der Waals surface area contributed by atoms with Crippen LogP contribution < -0.4 is 10.0 Å². The number of aliphatic hydroxyl groups is 2. The monoisotopic (exact) mass is 639 g/mol. The second kappa shape index (κ2) is 13.5. The van der Waals surface area contributed by atoms with Gasteiger partial charge in [0.15, 0.2) is 6.10 Å². The Morgan fingerprint density at radius 3 is 2.39 bits per heavy atom. The summed E-state index contributed by atoms with van der Waals surface area (Å²) in [4.78, 5) is 8.36. The third kappa shape index (κ3) is 7.27. The second-order valence-electron chi connectivity index (χ2n) is 10.7. The van der Waals surface area contributed by atoms with Crippen LogP contribution in [0.5, 0.6) is 0 Å². The van der Waals surface area contributed by atoms with Crippen molar-refractivity contribution in [2.45, 2.75) is 23.5 Å². The highest BCUT2D eigenvalue weighted by Gasteiger charge is 2.20. The van der Waals surface area contributed by atoms with Crippen molar-refractivity contribution in [1.82, 2.24) is 20.4 Å². The summed E-state index contributed by atoms with van der Waals surface area (Å²) in [6.07, 6.45) is 2.15. The van der Waals surface area contributed by atoms with E-state index in [9.17, 15) is 23.0 Å². The van der Waals surface area contributed by atoms with Gasteiger partial charge in [0.25, 0.3) is 15.9 Å². The van der Waals surface area contributed by atoms with E-state index in [0.717, 1.165) is 16.5 Å². The molecular weight excluding hydrogens is 609 g/mol. The molecule has 0 amide bonds. The number of sulfonamides is 1. The number of pyridine rings is 1. The summed E-state index contributed by atoms with van der Waals surface area (Å²) in [6, 6.07) is 26.2. The Bertz CT molecular complexity index is 2040. The summed E-state index contributed by atoms with van der Waals surface area (Å²) in [5, 5.41) is 29.7. The van der Waals surface area contributed by atoms with Crippen molar-refractivity contribution in [2.24, 2.45) is 0 Å². The molecule has 0 radical (unpaired) electrons. The van der Waals surface area contributed by atoms with Crippen LogP contribution >= 0.6 is 0 Å². The van der Waals surface area contributed by atoms with E-state index in [-0.39, 0.29) is 22.4 Å². The molecule has 0 aliphatic rings. The Labute approximate surface area is 264 Å². The zero-order valence-corrected chi connectivity index (χ0v) is 25.2. The molecule has 10 nitrogen and oxygen atoms in total. The molecule has 0 spiro atoms. The van der Waals surface area contributed by atoms with Gasteiger partial charge in [-0.1, -0.05) is 41.6 Å². The molecule has 0 aliphatic carbocycles. The second-order valence-corrected chi connectivity index (χ2v) is 12.4. The molecule has 46 heavy (non-hydrogen) atoms. The number of rotatable bonds is 12. The molecule has 234 valence electrons. The summed E-state index contributed by atoms with van der Waals surface area (Å²) in [5.41, 5.74) is 3.18. The van der Waals surface area contributed by atoms with Crippen LogP contribution in [-0.2, 0) is 16.4 Å². The summed E-state index contributed by atoms with van der Waals surface area (Å²) >= 11 is 0. The predicted molar refractivity (Wildman–Crippen MR) is 171 cm³/mol. The van der Waals surface area contributed by atoms with Gasteiger partial charge < -0.3 is 20.1 Å². The Balaban J connectivity index is 1.04. The number of aliphatic hydroxyl groups excluding tert-OH is 2. The normalized spacial score (nSPS) is 13.0. The van der Waals surface area contributed by atoms with Crippen LogP contribution in [0.25, 0.3) is 22.2 Å². The number of halogens is 1. The lowest BCUT2D eigenvalue weighted by molar-refractivity contribution is 0.170. The van der Waals surface area contributed by atoms with E-state index in [4.69, 9.17) is 4.52 Å². The highest BCUT2D eigenvalue weighted by Crippen LogP contribution is 2.27. The first kappa shape index (κ1) is 31.0. The molecule has 2 unspecified atom stereocenters. The maximum Gasteiger partial charge on any atom is 0.261 e. The number of aromatic nitrogens is 3. The van der Waals surface area contributed by atoms with Gasteiger partial charge in [0.05, 0.1) is 11.0 Å². The molecule has 0 aliphatic heterocycles. The van der Waals surface area contributed by atoms with Gasteiger partial charge in [-0.15, -0.1) is 0 Å². The molecule has 4 aromatic carbocycles. The van der Waals surface area contributed by atoms with Crippen molar-refractivity contribution in [2.75, 3.05) is 17.8 Å². The zero-order chi connectivity index (χ0) is 32.1. The van der Waals surface area contributed by atoms with Crippen molar-refractivity contribution in [1.29, 1.82) is 0 Å². The number of hydrogen-bond donors (Lipinski definition) is 4. The Kier molecular flexibility index (Phi) is 9.13. The van der Waals surface area contributed by atoms with Crippen LogP contribution in [0.2, 0.25) is 0 Å². The lowest BCUT2D eigenvalue weighted by Gasteiger charge is -2.12. The van der Waals surface area contributed by atoms with Crippen LogP contribution in [0.3, 0.4) is 0 Å². The van der Waals surface area contributed by atoms with E-state index in [1.807, 2.05) is 18.2 Å². The molecule has 12 heteroatoms. The standard InChI is InChI=1S/C34H30FN5O5S/c35-28-10-7-24-18-26(6-5-25(24)19-28)32(42)34-38-33(39-45-34)23-8-13-30(14-9-23)46(43,44)40-29-11-3-22(4-12-29)15-17-37-21-31(41)27-2-1-16-36-20-27/h1-14,16,18-20,31-32,37,40-42H,15,17,21H2. The van der Waals surface area contributed by atoms with E-state index in [2.05, 4.69) is 25.2 Å². The topological polar surface area (TPSA) is 150 Å². The van der Waals surface area contributed by atoms with Crippen LogP contribution in [0.1, 0.15) is 34.8 Å². The van der Waals surface area contributed by atoms with Gasteiger partial charge in [0, 0.05) is 35.8 Å². The lowest BCUT2D eigenvalue weighted by atomic mass is 10.0. The number of anilines is 1. The average Bonchev–Trinajstić information content (AvgIpc) is 3.58. The minimum absolute atomic E-state index is 0.0311. The number of hydrogen-bond acceptors (Lipinski definition) is 9. The number of fused-ring (bicyclic) bond motifs is 1. The smallest absolute Gasteiger partial charge is 0.261 e. The van der Waals surface area contributed by atoms with Crippen molar-refractivity contribution in [3.05, 3.63) is 138 Å². The molecule has 4 N–H and O–H groups in total. The SMILES string of the molecule is O=S(=O)(Nc1ccc(CCNCC(O)c2cccnc2)cc1)c1ccc(-c2noc(C(O)c3ccc4cc(F)ccc4c3)n2)cc1. The predicted octanol–water partition coefficient (Wildman–Crippen LogP) is 5.17. The van der Waals surface area contributed by atoms with E-state index in [0.29, 0.717) is 41.7 Å². The Hall–Kier alpha value is -5.01. The molecule has 0 fully saturated rings. The van der Waals surface area contributed by atoms with E-state index in [1.54, 1.807) is 67.0 Å². The fourth-order valence-corrected chi connectivity index (χ4v) is 5.97. The van der Waals surface area contributed by atoms with Crippen LogP contribution in [-0.4, -0.2) is 46.8 Å². The van der Waals surface area contributed by atoms with E-state index < -0.39 is 22.2 Å². The molecule has 0 saturated carbocycles. The molecule has 0 bridgehead atoms. The Morgan fingerprint density at radius 2 is 1.63 bits per heavy atom. The highest BCUT2D eigenvalue weighted by molar-refractivity contribution is 7.92. The van der Waals surface area contributed by atoms with Crippen LogP contribution in [0, 0.1) is 5.82 Å². The van der Waals surface area contributed by atoms with Crippen molar-refractivity contribution >= 4 is 26.5 Å². The van der Waals surface area contributed by atoms with E-state index >= 15 is 0 Å². The third-order valence-electron chi connectivity index (χ3n) is 7.44. The van der Waals surface area contributed by atoms with Gasteiger partial charge in [-0.3, -0.25) is 9.71 Å². The zero-order valence-electron chi connectivity index (χ0n) is 24.4. The minimum atomic E-state index is -3.87. The largest absolute Gasteiger partial charge is 0.387 e. The summed E-state index contributed by atoms with van der Waals surface area (Å²) in [6.45, 7) is 1.04. The first-order valence-electron chi connectivity index (χ1n) is 14.5. The highest BCUT2D eigenvalue weighted by atomic mass is 32.2. The molecule has 6 aromatic rings. The summed E-state index contributed by atoms with van der Waals surface area (Å²) in [5.74, 6) is -0.191. The summed E-state index contributed by atoms with van der Waals surface area (Å²) in [7, 11) is -3.87. The number of benzene rings is 4. The molecule has 2 atom stereocenters. The molecular formula is C34H30FN5O5S. The maximum absolute atomic E-state index is 13.5. The van der Waals surface area contributed by atoms with Crippen molar-refractivity contribution in [3.63, 3.8) is 0 Å². The fraction of sp³-hybridized carbons (Fsp3) is 0.147. The summed E-state index contributed by atoms with van der Waals surface area (Å²) < 4.78 is 47.4. The first-order valence-corrected chi connectivity index (χ1v) is 16.0. The van der Waals surface area contributed by atoms with Gasteiger partial charge in [-0.2, -0.15) is 4.98 Å². The van der Waals surface area contributed by atoms with Gasteiger partial charge in [-0.05, 0) is 95.5 Å². The van der Waals surface area contributed by atoms with Gasteiger partial charge in [0.1, 0.15) is 5.82 Å². The van der Waals surface area contributed by atoms with E-state index in [1.165, 1.54) is 24.3 Å². The first-order chi connectivity index (χ1) is 22.2. The van der Waals surface area contributed by atoms with Gasteiger partial charge in [0.2, 0.25) is 5.82 Å². The molecule has 0 saturated heterocycles. The van der Waals surface area contributed by atoms with Crippen LogP contribution in [0.15, 0.2) is 119 Å². The number of nitrogens with one attached hydrogen (secondary N) is 2. The quantitative estimate of drug-likeness (QED) is 0.133. The molecule has 6 rings (SSSR count). The fourth-order valence-electron chi connectivity index (χ4n) is 4.91. The Morgan fingerprint density at radius 1 is 0.870 bits per heavy atom. The van der Waals surface area contributed by atoms with Crippen molar-refractivity contribution in [3.8, 4) is 11.4 Å². The third-order valence-corrected chi connectivity index (χ3v) is 8.84. The van der Waals surface area contributed by atoms with Gasteiger partial charge in [-0.25, -0.2) is 12.8 Å². The lowest BCUT2D eigenvalue weighted by Crippen LogP contribution is -2.23. The van der Waals surface area contributed by atoms with Crippen molar-refractivity contribution < 1.29 is 27.5 Å². The molecule has 2 aromatic heterocycles.